The van der Waals surface area contributed by atoms with Gasteiger partial charge in [-0.15, -0.1) is 11.6 Å². The van der Waals surface area contributed by atoms with Gasteiger partial charge in [0.1, 0.15) is 22.0 Å². The molecule has 0 fully saturated rings. The number of hydrogen-bond donors (Lipinski definition) is 0. The molecular formula is C18H15ClO6S. The van der Waals surface area contributed by atoms with E-state index in [9.17, 15) is 13.2 Å². The van der Waals surface area contributed by atoms with Crippen molar-refractivity contribution < 1.29 is 21.8 Å². The summed E-state index contributed by atoms with van der Waals surface area (Å²) in [6.45, 7) is 1.61. The average molecular weight is 395 g/mol. The van der Waals surface area contributed by atoms with E-state index in [0.717, 1.165) is 0 Å². The summed E-state index contributed by atoms with van der Waals surface area (Å²) in [6, 6.07) is 10.2. The van der Waals surface area contributed by atoms with Crippen LogP contribution in [0.1, 0.15) is 11.1 Å². The Labute approximate surface area is 155 Å². The van der Waals surface area contributed by atoms with Gasteiger partial charge >= 0.3 is 15.7 Å². The molecule has 0 bridgehead atoms. The number of fused-ring (bicyclic) bond motifs is 1. The molecule has 0 aliphatic carbocycles. The smallest absolute Gasteiger partial charge is 0.339 e. The quantitative estimate of drug-likeness (QED) is 0.373. The van der Waals surface area contributed by atoms with Gasteiger partial charge < -0.3 is 13.3 Å². The summed E-state index contributed by atoms with van der Waals surface area (Å²) in [5.74, 6) is 0.732. The first-order valence-corrected chi connectivity index (χ1v) is 9.51. The van der Waals surface area contributed by atoms with E-state index in [1.54, 1.807) is 13.0 Å². The fraction of sp³-hybridized carbons (Fsp3) is 0.167. The highest BCUT2D eigenvalue weighted by molar-refractivity contribution is 7.87. The van der Waals surface area contributed by atoms with Gasteiger partial charge in [0, 0.05) is 22.9 Å². The van der Waals surface area contributed by atoms with E-state index in [4.69, 9.17) is 24.9 Å². The van der Waals surface area contributed by atoms with E-state index in [2.05, 4.69) is 0 Å². The van der Waals surface area contributed by atoms with Gasteiger partial charge in [-0.05, 0) is 48.9 Å². The molecule has 0 aliphatic heterocycles. The predicted octanol–water partition coefficient (Wildman–Crippen LogP) is 3.62. The van der Waals surface area contributed by atoms with Crippen molar-refractivity contribution in [1.82, 2.24) is 0 Å². The summed E-state index contributed by atoms with van der Waals surface area (Å²) in [7, 11) is -2.57. The molecule has 0 aliphatic rings. The summed E-state index contributed by atoms with van der Waals surface area (Å²) in [5, 5.41) is 0.631. The van der Waals surface area contributed by atoms with Crippen LogP contribution in [-0.4, -0.2) is 15.5 Å². The zero-order chi connectivity index (χ0) is 18.9. The fourth-order valence-corrected chi connectivity index (χ4v) is 3.72. The second kappa shape index (κ2) is 7.01. The molecule has 6 nitrogen and oxygen atoms in total. The van der Waals surface area contributed by atoms with E-state index in [1.807, 2.05) is 0 Å². The molecule has 0 spiro atoms. The number of methoxy groups -OCH3 is 1. The molecule has 0 atom stereocenters. The van der Waals surface area contributed by atoms with Crippen LogP contribution in [0.2, 0.25) is 0 Å². The molecule has 0 unspecified atom stereocenters. The topological polar surface area (TPSA) is 82.8 Å². The first-order valence-electron chi connectivity index (χ1n) is 7.56. The normalized spacial score (nSPS) is 11.5. The lowest BCUT2D eigenvalue weighted by Gasteiger charge is -2.12. The third-order valence-corrected chi connectivity index (χ3v) is 5.42. The number of halogens is 1. The number of hydrogen-bond acceptors (Lipinski definition) is 6. The molecule has 8 heteroatoms. The Bertz CT molecular complexity index is 1120. The predicted molar refractivity (Wildman–Crippen MR) is 97.6 cm³/mol. The van der Waals surface area contributed by atoms with E-state index in [-0.39, 0.29) is 22.1 Å². The highest BCUT2D eigenvalue weighted by atomic mass is 35.5. The minimum atomic E-state index is -4.06. The first kappa shape index (κ1) is 18.3. The van der Waals surface area contributed by atoms with E-state index in [1.165, 1.54) is 43.5 Å². The molecule has 2 aromatic carbocycles. The molecule has 0 amide bonds. The number of alkyl halides is 1. The Kier molecular flexibility index (Phi) is 4.93. The van der Waals surface area contributed by atoms with Gasteiger partial charge in [0.05, 0.1) is 7.11 Å². The van der Waals surface area contributed by atoms with Gasteiger partial charge in [0.2, 0.25) is 0 Å². The maximum Gasteiger partial charge on any atom is 0.339 e. The molecule has 3 rings (SSSR count). The second-order valence-corrected chi connectivity index (χ2v) is 7.32. The number of aryl methyl sites for hydroxylation is 1. The van der Waals surface area contributed by atoms with Crippen LogP contribution in [0.15, 0.2) is 56.6 Å². The molecular weight excluding hydrogens is 380 g/mol. The highest BCUT2D eigenvalue weighted by Gasteiger charge is 2.20. The van der Waals surface area contributed by atoms with Crippen LogP contribution in [0.5, 0.6) is 11.5 Å². The Hall–Kier alpha value is -2.51. The van der Waals surface area contributed by atoms with Crippen molar-refractivity contribution in [2.45, 2.75) is 17.7 Å². The van der Waals surface area contributed by atoms with E-state index >= 15 is 0 Å². The lowest BCUT2D eigenvalue weighted by Crippen LogP contribution is -2.11. The molecule has 136 valence electrons. The van der Waals surface area contributed by atoms with Crippen LogP contribution >= 0.6 is 11.6 Å². The van der Waals surface area contributed by atoms with Crippen LogP contribution in [-0.2, 0) is 16.0 Å². The molecule has 3 aromatic rings. The molecule has 1 heterocycles. The Morgan fingerprint density at radius 1 is 1.12 bits per heavy atom. The van der Waals surface area contributed by atoms with Crippen molar-refractivity contribution in [3.05, 3.63) is 64.0 Å². The van der Waals surface area contributed by atoms with Gasteiger partial charge in [-0.2, -0.15) is 8.42 Å². The maximum absolute atomic E-state index is 12.5. The van der Waals surface area contributed by atoms with Crippen LogP contribution in [0.3, 0.4) is 0 Å². The van der Waals surface area contributed by atoms with Crippen molar-refractivity contribution in [1.29, 1.82) is 0 Å². The largest absolute Gasteiger partial charge is 0.497 e. The van der Waals surface area contributed by atoms with Crippen LogP contribution in [0.4, 0.5) is 0 Å². The van der Waals surface area contributed by atoms with Crippen LogP contribution in [0.25, 0.3) is 11.0 Å². The summed E-state index contributed by atoms with van der Waals surface area (Å²) in [4.78, 5) is 11.7. The van der Waals surface area contributed by atoms with Crippen molar-refractivity contribution >= 4 is 32.7 Å². The minimum Gasteiger partial charge on any atom is -0.497 e. The monoisotopic (exact) mass is 394 g/mol. The zero-order valence-corrected chi connectivity index (χ0v) is 15.6. The molecule has 0 saturated heterocycles. The summed E-state index contributed by atoms with van der Waals surface area (Å²) >= 11 is 5.86. The highest BCUT2D eigenvalue weighted by Crippen LogP contribution is 2.31. The second-order valence-electron chi connectivity index (χ2n) is 5.50. The van der Waals surface area contributed by atoms with Crippen molar-refractivity contribution in [3.63, 3.8) is 0 Å². The molecule has 26 heavy (non-hydrogen) atoms. The van der Waals surface area contributed by atoms with Crippen LogP contribution in [0, 0.1) is 6.92 Å². The van der Waals surface area contributed by atoms with E-state index < -0.39 is 15.7 Å². The third-order valence-electron chi connectivity index (χ3n) is 3.89. The van der Waals surface area contributed by atoms with Gasteiger partial charge in [0.15, 0.2) is 0 Å². The summed E-state index contributed by atoms with van der Waals surface area (Å²) in [6.07, 6.45) is 0. The van der Waals surface area contributed by atoms with Gasteiger partial charge in [0.25, 0.3) is 0 Å². The molecule has 0 N–H and O–H groups in total. The van der Waals surface area contributed by atoms with Crippen molar-refractivity contribution in [2.24, 2.45) is 0 Å². The number of ether oxygens (including phenoxy) is 1. The maximum atomic E-state index is 12.5. The van der Waals surface area contributed by atoms with Gasteiger partial charge in [-0.3, -0.25) is 0 Å². The standard InChI is InChI=1S/C18H15ClO6S/c1-11-16(8-7-15-12(10-19)9-17(20)24-18(11)15)25-26(21,22)14-5-3-13(23-2)4-6-14/h3-9H,10H2,1-2H3. The number of rotatable bonds is 5. The lowest BCUT2D eigenvalue weighted by molar-refractivity contribution is 0.414. The van der Waals surface area contributed by atoms with Gasteiger partial charge in [-0.1, -0.05) is 0 Å². The molecule has 0 radical (unpaired) electrons. The summed E-state index contributed by atoms with van der Waals surface area (Å²) < 4.78 is 40.5. The zero-order valence-electron chi connectivity index (χ0n) is 14.0. The first-order chi connectivity index (χ1) is 12.4. The Morgan fingerprint density at radius 3 is 2.42 bits per heavy atom. The van der Waals surface area contributed by atoms with Crippen molar-refractivity contribution in [3.8, 4) is 11.5 Å². The third kappa shape index (κ3) is 3.40. The minimum absolute atomic E-state index is 0.0197. The Balaban J connectivity index is 2.05. The number of benzene rings is 2. The SMILES string of the molecule is COc1ccc(S(=O)(=O)Oc2ccc3c(CCl)cc(=O)oc3c2C)cc1. The van der Waals surface area contributed by atoms with Crippen LogP contribution < -0.4 is 14.5 Å². The van der Waals surface area contributed by atoms with Crippen molar-refractivity contribution in [2.75, 3.05) is 7.11 Å². The molecule has 0 saturated carbocycles. The van der Waals surface area contributed by atoms with Gasteiger partial charge in [-0.25, -0.2) is 4.79 Å². The molecule has 1 aromatic heterocycles. The fourth-order valence-electron chi connectivity index (χ4n) is 2.52. The van der Waals surface area contributed by atoms with E-state index in [0.29, 0.717) is 22.3 Å². The summed E-state index contributed by atoms with van der Waals surface area (Å²) in [5.41, 5.74) is 0.677. The lowest BCUT2D eigenvalue weighted by atomic mass is 10.1. The average Bonchev–Trinajstić information content (AvgIpc) is 2.63. The Morgan fingerprint density at radius 2 is 1.81 bits per heavy atom.